The van der Waals surface area contributed by atoms with E-state index in [9.17, 15) is 14.4 Å². The van der Waals surface area contributed by atoms with E-state index in [0.717, 1.165) is 9.15 Å². The number of hydrogen-bond donors (Lipinski definition) is 1. The number of nitrogens with one attached hydrogen (secondary N) is 1. The molecule has 0 spiro atoms. The Labute approximate surface area is 161 Å². The van der Waals surface area contributed by atoms with Crippen LogP contribution in [0.2, 0.25) is 0 Å². The molecule has 0 aliphatic carbocycles. The van der Waals surface area contributed by atoms with E-state index < -0.39 is 17.0 Å². The molecule has 3 rings (SSSR count). The Hall–Kier alpha value is -3.20. The van der Waals surface area contributed by atoms with Gasteiger partial charge in [-0.15, -0.1) is 0 Å². The number of nitrogens with zero attached hydrogens (tertiary/aromatic N) is 2. The molecule has 0 unspecified atom stereocenters. The van der Waals surface area contributed by atoms with Crippen molar-refractivity contribution in [2.75, 3.05) is 7.11 Å². The lowest BCUT2D eigenvalue weighted by atomic mass is 10.3. The van der Waals surface area contributed by atoms with Crippen LogP contribution in [0.25, 0.3) is 5.69 Å². The van der Waals surface area contributed by atoms with Gasteiger partial charge < -0.3 is 9.47 Å². The number of H-pyrrole nitrogens is 1. The summed E-state index contributed by atoms with van der Waals surface area (Å²) in [6.45, 7) is 1.20. The van der Waals surface area contributed by atoms with Crippen molar-refractivity contribution in [2.45, 2.75) is 6.92 Å². The standard InChI is InChI=1S/C18H14BrN3O5/c1-10(23)16-17(24)20-18(25)22(21-16)11-3-5-12(6-4-11)27-13-7-8-15(26-2)14(19)9-13/h3-9H,1-2H3,(H,20,24,25). The highest BCUT2D eigenvalue weighted by atomic mass is 79.9. The number of Topliss-reactive ketones (excluding diaryl/α,β-unsaturated/α-hetero) is 1. The summed E-state index contributed by atoms with van der Waals surface area (Å²) in [6.07, 6.45) is 0. The third kappa shape index (κ3) is 3.98. The average Bonchev–Trinajstić information content (AvgIpc) is 2.62. The predicted octanol–water partition coefficient (Wildman–Crippen LogP) is 2.69. The minimum Gasteiger partial charge on any atom is -0.496 e. The van der Waals surface area contributed by atoms with Gasteiger partial charge in [0.1, 0.15) is 17.2 Å². The summed E-state index contributed by atoms with van der Waals surface area (Å²) >= 11 is 3.39. The maximum Gasteiger partial charge on any atom is 0.349 e. The summed E-state index contributed by atoms with van der Waals surface area (Å²) in [5.41, 5.74) is -1.51. The fourth-order valence-electron chi connectivity index (χ4n) is 2.31. The second-order valence-corrected chi connectivity index (χ2v) is 6.32. The van der Waals surface area contributed by atoms with Crippen molar-refractivity contribution >= 4 is 21.7 Å². The fourth-order valence-corrected chi connectivity index (χ4v) is 2.83. The van der Waals surface area contributed by atoms with Crippen LogP contribution in [0.4, 0.5) is 0 Å². The quantitative estimate of drug-likeness (QED) is 0.622. The van der Waals surface area contributed by atoms with Crippen molar-refractivity contribution in [3.05, 3.63) is 73.5 Å². The van der Waals surface area contributed by atoms with Crippen LogP contribution in [0.5, 0.6) is 17.2 Å². The highest BCUT2D eigenvalue weighted by Gasteiger charge is 2.12. The lowest BCUT2D eigenvalue weighted by Crippen LogP contribution is -2.35. The molecule has 8 nitrogen and oxygen atoms in total. The van der Waals surface area contributed by atoms with E-state index in [2.05, 4.69) is 26.0 Å². The van der Waals surface area contributed by atoms with E-state index in [-0.39, 0.29) is 5.69 Å². The molecule has 3 aromatic rings. The van der Waals surface area contributed by atoms with Gasteiger partial charge in [0.25, 0.3) is 5.56 Å². The summed E-state index contributed by atoms with van der Waals surface area (Å²) in [5, 5.41) is 3.84. The number of benzene rings is 2. The first kappa shape index (κ1) is 18.6. The van der Waals surface area contributed by atoms with Gasteiger partial charge in [-0.2, -0.15) is 9.78 Å². The van der Waals surface area contributed by atoms with Crippen LogP contribution in [0, 0.1) is 0 Å². The molecule has 27 heavy (non-hydrogen) atoms. The maximum atomic E-state index is 12.0. The zero-order valence-electron chi connectivity index (χ0n) is 14.4. The molecule has 0 aliphatic rings. The van der Waals surface area contributed by atoms with Crippen LogP contribution in [-0.2, 0) is 0 Å². The second kappa shape index (κ2) is 7.58. The molecule has 1 heterocycles. The number of aromatic nitrogens is 3. The smallest absolute Gasteiger partial charge is 0.349 e. The van der Waals surface area contributed by atoms with E-state index in [1.807, 2.05) is 0 Å². The topological polar surface area (TPSA) is 103 Å². The molecule has 9 heteroatoms. The molecule has 138 valence electrons. The monoisotopic (exact) mass is 431 g/mol. The van der Waals surface area contributed by atoms with Crippen molar-refractivity contribution in [1.82, 2.24) is 14.8 Å². The van der Waals surface area contributed by atoms with Crippen LogP contribution >= 0.6 is 15.9 Å². The highest BCUT2D eigenvalue weighted by molar-refractivity contribution is 9.10. The number of carbonyl (C=O) groups excluding carboxylic acids is 1. The van der Waals surface area contributed by atoms with Gasteiger partial charge in [-0.05, 0) is 58.4 Å². The lowest BCUT2D eigenvalue weighted by molar-refractivity contribution is 0.100. The molecule has 0 radical (unpaired) electrons. The van der Waals surface area contributed by atoms with Gasteiger partial charge in [0.15, 0.2) is 11.5 Å². The Morgan fingerprint density at radius 3 is 2.37 bits per heavy atom. The van der Waals surface area contributed by atoms with Crippen LogP contribution in [0.15, 0.2) is 56.5 Å². The third-order valence-corrected chi connectivity index (χ3v) is 4.22. The Bertz CT molecular complexity index is 1120. The largest absolute Gasteiger partial charge is 0.496 e. The zero-order chi connectivity index (χ0) is 19.6. The predicted molar refractivity (Wildman–Crippen MR) is 101 cm³/mol. The van der Waals surface area contributed by atoms with Gasteiger partial charge in [0.05, 0.1) is 17.3 Å². The molecule has 0 amide bonds. The summed E-state index contributed by atoms with van der Waals surface area (Å²) < 4.78 is 12.6. The molecule has 0 aliphatic heterocycles. The maximum absolute atomic E-state index is 12.0. The molecule has 0 saturated heterocycles. The molecular formula is C18H14BrN3O5. The van der Waals surface area contributed by atoms with Crippen LogP contribution < -0.4 is 20.7 Å². The molecule has 0 atom stereocenters. The number of carbonyl (C=O) groups is 1. The summed E-state index contributed by atoms with van der Waals surface area (Å²) in [4.78, 5) is 37.1. The number of hydrogen-bond acceptors (Lipinski definition) is 6. The minimum absolute atomic E-state index is 0.335. The van der Waals surface area contributed by atoms with E-state index in [1.165, 1.54) is 6.92 Å². The number of aromatic amines is 1. The van der Waals surface area contributed by atoms with Crippen molar-refractivity contribution in [1.29, 1.82) is 0 Å². The number of ether oxygens (including phenoxy) is 2. The van der Waals surface area contributed by atoms with Gasteiger partial charge in [0.2, 0.25) is 0 Å². The van der Waals surface area contributed by atoms with E-state index in [4.69, 9.17) is 9.47 Å². The average molecular weight is 432 g/mol. The van der Waals surface area contributed by atoms with Gasteiger partial charge >= 0.3 is 5.69 Å². The first-order valence-electron chi connectivity index (χ1n) is 7.75. The second-order valence-electron chi connectivity index (χ2n) is 5.47. The summed E-state index contributed by atoms with van der Waals surface area (Å²) in [7, 11) is 1.57. The van der Waals surface area contributed by atoms with E-state index >= 15 is 0 Å². The number of ketones is 1. The Morgan fingerprint density at radius 1 is 1.11 bits per heavy atom. The number of methoxy groups -OCH3 is 1. The van der Waals surface area contributed by atoms with Gasteiger partial charge in [-0.1, -0.05) is 0 Å². The lowest BCUT2D eigenvalue weighted by Gasteiger charge is -2.09. The van der Waals surface area contributed by atoms with Crippen molar-refractivity contribution in [2.24, 2.45) is 0 Å². The number of rotatable bonds is 5. The van der Waals surface area contributed by atoms with Gasteiger partial charge in [0, 0.05) is 6.92 Å². The van der Waals surface area contributed by atoms with E-state index in [1.54, 1.807) is 49.6 Å². The fraction of sp³-hybridized carbons (Fsp3) is 0.111. The highest BCUT2D eigenvalue weighted by Crippen LogP contribution is 2.31. The Kier molecular flexibility index (Phi) is 5.22. The first-order valence-corrected chi connectivity index (χ1v) is 8.55. The normalized spacial score (nSPS) is 10.5. The van der Waals surface area contributed by atoms with E-state index in [0.29, 0.717) is 22.9 Å². The first-order chi connectivity index (χ1) is 12.9. The summed E-state index contributed by atoms with van der Waals surface area (Å²) in [6, 6.07) is 11.7. The van der Waals surface area contributed by atoms with Crippen molar-refractivity contribution < 1.29 is 14.3 Å². The molecule has 2 aromatic carbocycles. The molecule has 1 N–H and O–H groups in total. The SMILES string of the molecule is COc1ccc(Oc2ccc(-n3nc(C(C)=O)c(=O)[nH]c3=O)cc2)cc1Br. The van der Waals surface area contributed by atoms with Gasteiger partial charge in [-0.3, -0.25) is 14.6 Å². The molecule has 0 saturated carbocycles. The molecule has 1 aromatic heterocycles. The molecule has 0 bridgehead atoms. The minimum atomic E-state index is -0.811. The van der Waals surface area contributed by atoms with Gasteiger partial charge in [-0.25, -0.2) is 4.79 Å². The Balaban J connectivity index is 1.89. The zero-order valence-corrected chi connectivity index (χ0v) is 15.9. The summed E-state index contributed by atoms with van der Waals surface area (Å²) in [5.74, 6) is 1.27. The molecular weight excluding hydrogens is 418 g/mol. The molecule has 0 fully saturated rings. The van der Waals surface area contributed by atoms with Crippen molar-refractivity contribution in [3.63, 3.8) is 0 Å². The van der Waals surface area contributed by atoms with Crippen LogP contribution in [-0.4, -0.2) is 27.7 Å². The Morgan fingerprint density at radius 2 is 1.78 bits per heavy atom. The van der Waals surface area contributed by atoms with Crippen molar-refractivity contribution in [3.8, 4) is 22.9 Å². The van der Waals surface area contributed by atoms with Crippen LogP contribution in [0.3, 0.4) is 0 Å². The number of halogens is 1. The third-order valence-electron chi connectivity index (χ3n) is 3.60. The van der Waals surface area contributed by atoms with Crippen LogP contribution in [0.1, 0.15) is 17.4 Å².